The van der Waals surface area contributed by atoms with E-state index in [0.717, 1.165) is 0 Å². The van der Waals surface area contributed by atoms with Gasteiger partial charge in [-0.1, -0.05) is 12.2 Å². The van der Waals surface area contributed by atoms with Gasteiger partial charge in [0.2, 0.25) is 0 Å². The van der Waals surface area contributed by atoms with Crippen molar-refractivity contribution in [1.29, 1.82) is 0 Å². The molecule has 10 heavy (non-hydrogen) atoms. The van der Waals surface area contributed by atoms with Gasteiger partial charge >= 0.3 is 0 Å². The van der Waals surface area contributed by atoms with Crippen LogP contribution in [0, 0.1) is 0 Å². The second-order valence-corrected chi connectivity index (χ2v) is 2.52. The largest absolute Gasteiger partial charge is 0.264 e. The molecule has 1 aliphatic rings. The predicted molar refractivity (Wildman–Crippen MR) is 41.6 cm³/mol. The molecular formula is C9H9N. The number of pyridine rings is 1. The van der Waals surface area contributed by atoms with Gasteiger partial charge in [0.1, 0.15) is 0 Å². The van der Waals surface area contributed by atoms with Gasteiger partial charge in [-0.3, -0.25) is 4.98 Å². The number of hydrogen-bond acceptors (Lipinski definition) is 1. The Morgan fingerprint density at radius 1 is 1.40 bits per heavy atom. The second kappa shape index (κ2) is 2.25. The number of aryl methyl sites for hydroxylation is 1. The molecule has 1 aliphatic carbocycles. The highest BCUT2D eigenvalue weighted by Crippen LogP contribution is 2.16. The van der Waals surface area contributed by atoms with E-state index >= 15 is 0 Å². The smallest absolute Gasteiger partial charge is 0.0342 e. The van der Waals surface area contributed by atoms with Crippen LogP contribution in [0.25, 0.3) is 6.08 Å². The highest BCUT2D eigenvalue weighted by molar-refractivity contribution is 5.54. The number of aromatic nitrogens is 1. The van der Waals surface area contributed by atoms with E-state index in [1.165, 1.54) is 24.0 Å². The van der Waals surface area contributed by atoms with E-state index in [-0.39, 0.29) is 0 Å². The van der Waals surface area contributed by atoms with E-state index in [1.807, 2.05) is 12.4 Å². The maximum atomic E-state index is 4.05. The van der Waals surface area contributed by atoms with E-state index in [9.17, 15) is 0 Å². The lowest BCUT2D eigenvalue weighted by Crippen LogP contribution is -1.93. The van der Waals surface area contributed by atoms with E-state index in [4.69, 9.17) is 0 Å². The summed E-state index contributed by atoms with van der Waals surface area (Å²) in [4.78, 5) is 4.05. The third kappa shape index (κ3) is 0.838. The van der Waals surface area contributed by atoms with Crippen LogP contribution in [0.3, 0.4) is 0 Å². The van der Waals surface area contributed by atoms with Crippen molar-refractivity contribution in [2.45, 2.75) is 12.8 Å². The summed E-state index contributed by atoms with van der Waals surface area (Å²) in [6.07, 6.45) is 10.5. The molecule has 0 amide bonds. The summed E-state index contributed by atoms with van der Waals surface area (Å²) in [6, 6.07) is 2.10. The van der Waals surface area contributed by atoms with Gasteiger partial charge in [-0.15, -0.1) is 0 Å². The first-order valence-corrected chi connectivity index (χ1v) is 3.56. The summed E-state index contributed by atoms with van der Waals surface area (Å²) < 4.78 is 0. The number of hydrogen-bond donors (Lipinski definition) is 0. The zero-order valence-corrected chi connectivity index (χ0v) is 5.75. The van der Waals surface area contributed by atoms with E-state index < -0.39 is 0 Å². The van der Waals surface area contributed by atoms with Gasteiger partial charge in [0.15, 0.2) is 0 Å². The van der Waals surface area contributed by atoms with Gasteiger partial charge in [0.25, 0.3) is 0 Å². The molecule has 0 radical (unpaired) electrons. The molecule has 1 aromatic heterocycles. The SMILES string of the molecule is C1=Cc2cnccc2CC1. The topological polar surface area (TPSA) is 12.9 Å². The van der Waals surface area contributed by atoms with Crippen molar-refractivity contribution in [3.63, 3.8) is 0 Å². The summed E-state index contributed by atoms with van der Waals surface area (Å²) in [5, 5.41) is 0. The molecule has 0 unspecified atom stereocenters. The van der Waals surface area contributed by atoms with Crippen molar-refractivity contribution in [3.05, 3.63) is 35.7 Å². The molecule has 1 aromatic rings. The van der Waals surface area contributed by atoms with Crippen LogP contribution in [-0.4, -0.2) is 4.98 Å². The van der Waals surface area contributed by atoms with Gasteiger partial charge in [-0.2, -0.15) is 0 Å². The number of rotatable bonds is 0. The summed E-state index contributed by atoms with van der Waals surface area (Å²) in [6.45, 7) is 0. The van der Waals surface area contributed by atoms with Gasteiger partial charge in [-0.25, -0.2) is 0 Å². The van der Waals surface area contributed by atoms with Gasteiger partial charge in [0.05, 0.1) is 0 Å². The Kier molecular flexibility index (Phi) is 1.28. The fourth-order valence-electron chi connectivity index (χ4n) is 1.26. The van der Waals surface area contributed by atoms with Crippen LogP contribution in [0.4, 0.5) is 0 Å². The van der Waals surface area contributed by atoms with E-state index in [2.05, 4.69) is 23.2 Å². The molecule has 0 spiro atoms. The molecule has 0 fully saturated rings. The fourth-order valence-corrected chi connectivity index (χ4v) is 1.26. The van der Waals surface area contributed by atoms with Crippen molar-refractivity contribution in [1.82, 2.24) is 4.98 Å². The lowest BCUT2D eigenvalue weighted by molar-refractivity contribution is 0.977. The Hall–Kier alpha value is -1.11. The molecule has 1 nitrogen and oxygen atoms in total. The maximum Gasteiger partial charge on any atom is 0.0342 e. The van der Waals surface area contributed by atoms with Crippen molar-refractivity contribution in [3.8, 4) is 0 Å². The molecule has 0 N–H and O–H groups in total. The van der Waals surface area contributed by atoms with Crippen molar-refractivity contribution >= 4 is 6.08 Å². The average Bonchev–Trinajstić information content (AvgIpc) is 2.05. The molecule has 0 bridgehead atoms. The average molecular weight is 131 g/mol. The van der Waals surface area contributed by atoms with Crippen LogP contribution in [0.5, 0.6) is 0 Å². The molecule has 2 rings (SSSR count). The van der Waals surface area contributed by atoms with Crippen LogP contribution in [0.2, 0.25) is 0 Å². The van der Waals surface area contributed by atoms with Gasteiger partial charge < -0.3 is 0 Å². The summed E-state index contributed by atoms with van der Waals surface area (Å²) in [7, 11) is 0. The molecule has 0 aliphatic heterocycles. The Morgan fingerprint density at radius 3 is 3.30 bits per heavy atom. The monoisotopic (exact) mass is 131 g/mol. The molecule has 0 aromatic carbocycles. The minimum atomic E-state index is 1.17. The van der Waals surface area contributed by atoms with Crippen molar-refractivity contribution < 1.29 is 0 Å². The van der Waals surface area contributed by atoms with Crippen molar-refractivity contribution in [2.75, 3.05) is 0 Å². The molecule has 0 saturated heterocycles. The molecule has 1 heterocycles. The molecule has 0 atom stereocenters. The molecule has 1 heteroatoms. The Labute approximate surface area is 60.4 Å². The molecule has 50 valence electrons. The highest BCUT2D eigenvalue weighted by Gasteiger charge is 2.01. The van der Waals surface area contributed by atoms with Crippen LogP contribution < -0.4 is 0 Å². The fraction of sp³-hybridized carbons (Fsp3) is 0.222. The van der Waals surface area contributed by atoms with Gasteiger partial charge in [0, 0.05) is 12.4 Å². The number of fused-ring (bicyclic) bond motifs is 1. The first-order chi connectivity index (χ1) is 4.97. The summed E-state index contributed by atoms with van der Waals surface area (Å²) >= 11 is 0. The summed E-state index contributed by atoms with van der Waals surface area (Å²) in [5.74, 6) is 0. The Bertz CT molecular complexity index is 263. The highest BCUT2D eigenvalue weighted by atomic mass is 14.6. The lowest BCUT2D eigenvalue weighted by atomic mass is 10.0. The van der Waals surface area contributed by atoms with Crippen LogP contribution >= 0.6 is 0 Å². The summed E-state index contributed by atoms with van der Waals surface area (Å²) in [5.41, 5.74) is 2.71. The third-order valence-corrected chi connectivity index (χ3v) is 1.82. The quantitative estimate of drug-likeness (QED) is 0.525. The predicted octanol–water partition coefficient (Wildman–Crippen LogP) is 2.04. The van der Waals surface area contributed by atoms with Crippen LogP contribution in [0.1, 0.15) is 17.5 Å². The normalized spacial score (nSPS) is 14.8. The van der Waals surface area contributed by atoms with Crippen LogP contribution in [0.15, 0.2) is 24.5 Å². The first-order valence-electron chi connectivity index (χ1n) is 3.56. The third-order valence-electron chi connectivity index (χ3n) is 1.82. The second-order valence-electron chi connectivity index (χ2n) is 2.52. The Balaban J connectivity index is 2.54. The minimum Gasteiger partial charge on any atom is -0.264 e. The standard InChI is InChI=1S/C9H9N/c1-2-4-9-7-10-6-5-8(9)3-1/h2,4-7H,1,3H2. The zero-order chi connectivity index (χ0) is 6.81. The molecular weight excluding hydrogens is 122 g/mol. The molecule has 0 saturated carbocycles. The lowest BCUT2D eigenvalue weighted by Gasteiger charge is -2.07. The maximum absolute atomic E-state index is 4.05. The van der Waals surface area contributed by atoms with Crippen LogP contribution in [-0.2, 0) is 6.42 Å². The zero-order valence-electron chi connectivity index (χ0n) is 5.75. The van der Waals surface area contributed by atoms with Crippen molar-refractivity contribution in [2.24, 2.45) is 0 Å². The van der Waals surface area contributed by atoms with E-state index in [0.29, 0.717) is 0 Å². The minimum absolute atomic E-state index is 1.17. The Morgan fingerprint density at radius 2 is 2.40 bits per heavy atom. The van der Waals surface area contributed by atoms with Gasteiger partial charge in [-0.05, 0) is 30.0 Å². The number of nitrogens with zero attached hydrogens (tertiary/aromatic N) is 1. The number of allylic oxidation sites excluding steroid dienone is 1. The van der Waals surface area contributed by atoms with E-state index in [1.54, 1.807) is 0 Å². The first kappa shape index (κ1) is 5.66.